The molecule has 1 aliphatic heterocycles. The van der Waals surface area contributed by atoms with Gasteiger partial charge in [-0.2, -0.15) is 13.2 Å². The summed E-state index contributed by atoms with van der Waals surface area (Å²) >= 11 is 0. The van der Waals surface area contributed by atoms with Gasteiger partial charge in [0.1, 0.15) is 5.82 Å². The topological polar surface area (TPSA) is 57.6 Å². The number of alkyl halides is 3. The summed E-state index contributed by atoms with van der Waals surface area (Å²) in [5, 5.41) is 9.97. The van der Waals surface area contributed by atoms with Gasteiger partial charge >= 0.3 is 6.18 Å². The molecule has 4 rings (SSSR count). The quantitative estimate of drug-likeness (QED) is 0.183. The number of aryl methyl sites for hydroxylation is 1. The number of unbranched alkanes of at least 4 members (excludes halogenated alkanes) is 3. The number of phenols is 1. The van der Waals surface area contributed by atoms with Crippen LogP contribution >= 0.6 is 0 Å². The predicted octanol–water partition coefficient (Wildman–Crippen LogP) is 8.09. The summed E-state index contributed by atoms with van der Waals surface area (Å²) in [7, 11) is -3.73. The summed E-state index contributed by atoms with van der Waals surface area (Å²) < 4.78 is 89.6. The van der Waals surface area contributed by atoms with E-state index in [9.17, 15) is 35.5 Å². The number of phenolic OH excluding ortho intramolecular Hbond substituents is 1. The summed E-state index contributed by atoms with van der Waals surface area (Å²) in [4.78, 5) is 2.27. The fraction of sp³-hybridized carbons (Fsp3) is 0.562. The number of fused-ring (bicyclic) bond motifs is 1. The molecule has 0 spiro atoms. The van der Waals surface area contributed by atoms with Gasteiger partial charge in [-0.05, 0) is 123 Å². The molecule has 1 atom stereocenters. The Hall–Kier alpha value is -2.46. The van der Waals surface area contributed by atoms with Gasteiger partial charge in [0, 0.05) is 6.04 Å². The number of nitrogens with zero attached hydrogens (tertiary/aromatic N) is 1. The highest BCUT2D eigenvalue weighted by Crippen LogP contribution is 2.40. The molecular weight excluding hydrogens is 573 g/mol. The molecule has 1 saturated heterocycles. The van der Waals surface area contributed by atoms with Gasteiger partial charge in [-0.25, -0.2) is 17.2 Å². The van der Waals surface area contributed by atoms with Crippen molar-refractivity contribution in [1.29, 1.82) is 0 Å². The van der Waals surface area contributed by atoms with Crippen LogP contribution in [0.15, 0.2) is 36.4 Å². The van der Waals surface area contributed by atoms with E-state index in [1.54, 1.807) is 12.1 Å². The third-order valence-corrected chi connectivity index (χ3v) is 10.2. The van der Waals surface area contributed by atoms with E-state index < -0.39 is 34.0 Å². The molecule has 0 amide bonds. The molecule has 0 saturated carbocycles. The maximum atomic E-state index is 14.5. The first-order valence-electron chi connectivity index (χ1n) is 14.9. The Labute approximate surface area is 245 Å². The van der Waals surface area contributed by atoms with E-state index in [0.29, 0.717) is 6.42 Å². The van der Waals surface area contributed by atoms with Crippen molar-refractivity contribution in [3.8, 4) is 5.75 Å². The van der Waals surface area contributed by atoms with Crippen LogP contribution in [0.4, 0.5) is 22.0 Å². The summed E-state index contributed by atoms with van der Waals surface area (Å²) in [6.45, 7) is 1.69. The van der Waals surface area contributed by atoms with E-state index in [4.69, 9.17) is 0 Å². The van der Waals surface area contributed by atoms with E-state index in [2.05, 4.69) is 4.90 Å². The van der Waals surface area contributed by atoms with Gasteiger partial charge in [0.15, 0.2) is 21.4 Å². The van der Waals surface area contributed by atoms with Gasteiger partial charge in [0.05, 0.1) is 17.9 Å². The number of sulfone groups is 1. The molecule has 1 aliphatic carbocycles. The number of rotatable bonds is 13. The minimum atomic E-state index is -4.47. The summed E-state index contributed by atoms with van der Waals surface area (Å²) in [6, 6.07) is 9.43. The number of halogens is 5. The van der Waals surface area contributed by atoms with Crippen LogP contribution in [0.25, 0.3) is 11.1 Å². The molecule has 0 radical (unpaired) electrons. The van der Waals surface area contributed by atoms with Crippen molar-refractivity contribution in [3.05, 3.63) is 64.7 Å². The fourth-order valence-electron chi connectivity index (χ4n) is 6.29. The van der Waals surface area contributed by atoms with Crippen molar-refractivity contribution in [2.75, 3.05) is 24.6 Å². The van der Waals surface area contributed by atoms with E-state index >= 15 is 0 Å². The van der Waals surface area contributed by atoms with Gasteiger partial charge in [-0.3, -0.25) is 0 Å². The zero-order chi connectivity index (χ0) is 30.3. The lowest BCUT2D eigenvalue weighted by molar-refractivity contribution is -0.129. The Balaban J connectivity index is 1.31. The molecule has 2 aromatic rings. The summed E-state index contributed by atoms with van der Waals surface area (Å²) in [5.41, 5.74) is 4.78. The Morgan fingerprint density at radius 3 is 2.40 bits per heavy atom. The second-order valence-electron chi connectivity index (χ2n) is 11.6. The highest BCUT2D eigenvalue weighted by atomic mass is 32.2. The fourth-order valence-corrected chi connectivity index (χ4v) is 7.67. The number of aromatic hydroxyl groups is 1. The van der Waals surface area contributed by atoms with Crippen LogP contribution in [0.1, 0.15) is 87.3 Å². The molecule has 232 valence electrons. The van der Waals surface area contributed by atoms with Crippen LogP contribution in [-0.2, 0) is 16.3 Å². The van der Waals surface area contributed by atoms with Crippen molar-refractivity contribution < 1.29 is 35.5 Å². The van der Waals surface area contributed by atoms with Crippen molar-refractivity contribution in [3.63, 3.8) is 0 Å². The summed E-state index contributed by atoms with van der Waals surface area (Å²) in [6.07, 6.45) is 3.21. The van der Waals surface area contributed by atoms with Crippen LogP contribution in [0, 0.1) is 11.6 Å². The number of allylic oxidation sites excluding steroid dienone is 2. The third kappa shape index (κ3) is 9.27. The Morgan fingerprint density at radius 1 is 0.929 bits per heavy atom. The molecule has 0 aromatic heterocycles. The molecule has 2 aliphatic rings. The Kier molecular flexibility index (Phi) is 11.1. The van der Waals surface area contributed by atoms with Gasteiger partial charge in [0.2, 0.25) is 0 Å². The van der Waals surface area contributed by atoms with Crippen molar-refractivity contribution in [1.82, 2.24) is 4.90 Å². The SMILES string of the molecule is O=S(=O)(CC[C@H]1CCCN1CCCCCCC1=C(c2ccc(F)cc2)CCCc2cc(O)c(F)cc21)CCC(F)(F)F. The number of likely N-dealkylation sites (tertiary alicyclic amines) is 1. The van der Waals surface area contributed by atoms with Crippen LogP contribution < -0.4 is 0 Å². The average Bonchev–Trinajstić information content (AvgIpc) is 3.31. The monoisotopic (exact) mass is 613 g/mol. The number of hydrogen-bond donors (Lipinski definition) is 1. The van der Waals surface area contributed by atoms with Crippen molar-refractivity contribution >= 4 is 21.0 Å². The van der Waals surface area contributed by atoms with Gasteiger partial charge in [-0.1, -0.05) is 25.0 Å². The minimum Gasteiger partial charge on any atom is -0.505 e. The number of hydrogen-bond acceptors (Lipinski definition) is 4. The minimum absolute atomic E-state index is 0.0860. The molecule has 2 aromatic carbocycles. The first-order chi connectivity index (χ1) is 19.9. The van der Waals surface area contributed by atoms with Crippen LogP contribution in [0.5, 0.6) is 5.75 Å². The predicted molar refractivity (Wildman–Crippen MR) is 156 cm³/mol. The Morgan fingerprint density at radius 2 is 1.67 bits per heavy atom. The normalized spacial score (nSPS) is 18.4. The van der Waals surface area contributed by atoms with E-state index in [1.165, 1.54) is 24.3 Å². The van der Waals surface area contributed by atoms with Gasteiger partial charge in [0.25, 0.3) is 0 Å². The first kappa shape index (κ1) is 32.5. The zero-order valence-electron chi connectivity index (χ0n) is 23.9. The molecule has 10 heteroatoms. The Bertz CT molecular complexity index is 1340. The van der Waals surface area contributed by atoms with E-state index in [-0.39, 0.29) is 23.4 Å². The lowest BCUT2D eigenvalue weighted by atomic mass is 9.89. The molecule has 1 heterocycles. The second-order valence-corrected chi connectivity index (χ2v) is 13.9. The lowest BCUT2D eigenvalue weighted by Gasteiger charge is -2.24. The molecule has 0 bridgehead atoms. The van der Waals surface area contributed by atoms with Crippen molar-refractivity contribution in [2.45, 2.75) is 89.3 Å². The highest BCUT2D eigenvalue weighted by Gasteiger charge is 2.31. The maximum absolute atomic E-state index is 14.5. The van der Waals surface area contributed by atoms with Crippen LogP contribution in [0.2, 0.25) is 0 Å². The van der Waals surface area contributed by atoms with Gasteiger partial charge < -0.3 is 10.0 Å². The molecule has 1 fully saturated rings. The molecule has 4 nitrogen and oxygen atoms in total. The maximum Gasteiger partial charge on any atom is 0.390 e. The number of benzene rings is 2. The van der Waals surface area contributed by atoms with Gasteiger partial charge in [-0.15, -0.1) is 0 Å². The van der Waals surface area contributed by atoms with E-state index in [0.717, 1.165) is 105 Å². The largest absolute Gasteiger partial charge is 0.505 e. The molecular formula is C32H40F5NO3S. The molecule has 1 N–H and O–H groups in total. The average molecular weight is 614 g/mol. The second kappa shape index (κ2) is 14.3. The van der Waals surface area contributed by atoms with Crippen LogP contribution in [-0.4, -0.2) is 55.2 Å². The third-order valence-electron chi connectivity index (χ3n) is 8.51. The first-order valence-corrected chi connectivity index (χ1v) is 16.7. The molecule has 42 heavy (non-hydrogen) atoms. The van der Waals surface area contributed by atoms with Crippen molar-refractivity contribution in [2.24, 2.45) is 0 Å². The smallest absolute Gasteiger partial charge is 0.390 e. The zero-order valence-corrected chi connectivity index (χ0v) is 24.7. The highest BCUT2D eigenvalue weighted by molar-refractivity contribution is 7.91. The van der Waals surface area contributed by atoms with Crippen LogP contribution in [0.3, 0.4) is 0 Å². The summed E-state index contributed by atoms with van der Waals surface area (Å²) in [5.74, 6) is -2.37. The standard InChI is InChI=1S/C32H40F5NO3S/c33-25-13-11-23(12-14-25)27-10-5-7-24-21-31(39)30(34)22-29(24)28(27)9-3-1-2-4-17-38-18-6-8-26(38)15-19-42(40,41)20-16-32(35,36)37/h11-14,21-22,26,39H,1-10,15-20H2/t26-/m1/s1. The lowest BCUT2D eigenvalue weighted by Crippen LogP contribution is -2.32. The molecule has 0 unspecified atom stereocenters. The van der Waals surface area contributed by atoms with E-state index in [1.807, 2.05) is 0 Å².